The maximum absolute atomic E-state index is 11.4. The summed E-state index contributed by atoms with van der Waals surface area (Å²) in [6.07, 6.45) is 4.92. The SMILES string of the molecule is C=CCO[C@@H]1C[C@H](OCOC)[C@@](C=O)(CC)C1. The van der Waals surface area contributed by atoms with E-state index in [2.05, 4.69) is 6.58 Å². The minimum absolute atomic E-state index is 0.0695. The molecule has 0 bridgehead atoms. The Morgan fingerprint density at radius 1 is 1.47 bits per heavy atom. The normalized spacial score (nSPS) is 32.6. The summed E-state index contributed by atoms with van der Waals surface area (Å²) in [6.45, 7) is 6.36. The summed E-state index contributed by atoms with van der Waals surface area (Å²) in [6, 6.07) is 0. The first-order valence-electron chi connectivity index (χ1n) is 6.01. The Morgan fingerprint density at radius 2 is 2.24 bits per heavy atom. The van der Waals surface area contributed by atoms with Crippen LogP contribution in [0.25, 0.3) is 0 Å². The highest BCUT2D eigenvalue weighted by Gasteiger charge is 2.47. The quantitative estimate of drug-likeness (QED) is 0.371. The number of carbonyl (C=O) groups is 1. The van der Waals surface area contributed by atoms with Gasteiger partial charge in [-0.2, -0.15) is 0 Å². The Labute approximate surface area is 103 Å². The van der Waals surface area contributed by atoms with Crippen LogP contribution in [-0.4, -0.2) is 39.0 Å². The summed E-state index contributed by atoms with van der Waals surface area (Å²) in [5.74, 6) is 0. The van der Waals surface area contributed by atoms with Crippen LogP contribution < -0.4 is 0 Å². The highest BCUT2D eigenvalue weighted by molar-refractivity contribution is 5.61. The summed E-state index contributed by atoms with van der Waals surface area (Å²) >= 11 is 0. The van der Waals surface area contributed by atoms with Crippen molar-refractivity contribution in [3.05, 3.63) is 12.7 Å². The minimum Gasteiger partial charge on any atom is -0.374 e. The Balaban J connectivity index is 2.64. The predicted molar refractivity (Wildman–Crippen MR) is 64.7 cm³/mol. The molecule has 0 amide bonds. The van der Waals surface area contributed by atoms with Crippen LogP contribution in [0.2, 0.25) is 0 Å². The van der Waals surface area contributed by atoms with Gasteiger partial charge in [0, 0.05) is 13.5 Å². The third-order valence-electron chi connectivity index (χ3n) is 3.46. The second kappa shape index (κ2) is 6.89. The maximum Gasteiger partial charge on any atom is 0.146 e. The summed E-state index contributed by atoms with van der Waals surface area (Å²) in [7, 11) is 1.58. The van der Waals surface area contributed by atoms with E-state index in [1.165, 1.54) is 0 Å². The molecule has 1 saturated carbocycles. The van der Waals surface area contributed by atoms with Gasteiger partial charge < -0.3 is 19.0 Å². The fraction of sp³-hybridized carbons (Fsp3) is 0.769. The lowest BCUT2D eigenvalue weighted by atomic mass is 9.83. The lowest BCUT2D eigenvalue weighted by Gasteiger charge is -2.27. The van der Waals surface area contributed by atoms with Crippen LogP contribution in [0.3, 0.4) is 0 Å². The minimum atomic E-state index is -0.426. The highest BCUT2D eigenvalue weighted by Crippen LogP contribution is 2.42. The molecule has 0 saturated heterocycles. The van der Waals surface area contributed by atoms with Crippen molar-refractivity contribution in [3.8, 4) is 0 Å². The molecule has 3 atom stereocenters. The topological polar surface area (TPSA) is 44.8 Å². The molecular formula is C13H22O4. The number of aldehydes is 1. The van der Waals surface area contributed by atoms with E-state index in [0.29, 0.717) is 6.61 Å². The van der Waals surface area contributed by atoms with E-state index >= 15 is 0 Å². The Kier molecular flexibility index (Phi) is 5.82. The highest BCUT2D eigenvalue weighted by atomic mass is 16.7. The third-order valence-corrected chi connectivity index (χ3v) is 3.46. The second-order valence-corrected chi connectivity index (χ2v) is 4.45. The van der Waals surface area contributed by atoms with Gasteiger partial charge in [0.1, 0.15) is 13.1 Å². The van der Waals surface area contributed by atoms with Crippen LogP contribution in [0.5, 0.6) is 0 Å². The van der Waals surface area contributed by atoms with Crippen LogP contribution in [0, 0.1) is 5.41 Å². The number of ether oxygens (including phenoxy) is 3. The van der Waals surface area contributed by atoms with E-state index in [1.807, 2.05) is 6.92 Å². The predicted octanol–water partition coefficient (Wildman–Crippen LogP) is 1.94. The van der Waals surface area contributed by atoms with Crippen LogP contribution in [0.15, 0.2) is 12.7 Å². The Morgan fingerprint density at radius 3 is 2.76 bits per heavy atom. The van der Waals surface area contributed by atoms with Gasteiger partial charge in [0.05, 0.1) is 24.2 Å². The first-order valence-corrected chi connectivity index (χ1v) is 6.01. The van der Waals surface area contributed by atoms with Gasteiger partial charge >= 0.3 is 0 Å². The summed E-state index contributed by atoms with van der Waals surface area (Å²) in [5.41, 5.74) is -0.426. The Bertz CT molecular complexity index is 254. The van der Waals surface area contributed by atoms with Crippen molar-refractivity contribution in [2.45, 2.75) is 38.4 Å². The molecule has 17 heavy (non-hydrogen) atoms. The number of carbonyl (C=O) groups excluding carboxylic acids is 1. The molecule has 0 spiro atoms. The molecule has 0 aromatic heterocycles. The average Bonchev–Trinajstić information content (AvgIpc) is 2.72. The zero-order valence-electron chi connectivity index (χ0n) is 10.7. The lowest BCUT2D eigenvalue weighted by molar-refractivity contribution is -0.135. The zero-order chi connectivity index (χ0) is 12.7. The number of methoxy groups -OCH3 is 1. The summed E-state index contributed by atoms with van der Waals surface area (Å²) in [4.78, 5) is 11.4. The number of hydrogen-bond donors (Lipinski definition) is 0. The van der Waals surface area contributed by atoms with Gasteiger partial charge in [-0.05, 0) is 12.8 Å². The molecule has 1 aliphatic rings. The zero-order valence-corrected chi connectivity index (χ0v) is 10.7. The van der Waals surface area contributed by atoms with Crippen molar-refractivity contribution in [3.63, 3.8) is 0 Å². The van der Waals surface area contributed by atoms with Crippen LogP contribution in [0.4, 0.5) is 0 Å². The first kappa shape index (κ1) is 14.4. The van der Waals surface area contributed by atoms with E-state index in [1.54, 1.807) is 13.2 Å². The number of hydrogen-bond acceptors (Lipinski definition) is 4. The molecule has 0 heterocycles. The number of rotatable bonds is 8. The third kappa shape index (κ3) is 3.37. The summed E-state index contributed by atoms with van der Waals surface area (Å²) < 4.78 is 16.1. The molecule has 1 rings (SSSR count). The second-order valence-electron chi connectivity index (χ2n) is 4.45. The van der Waals surface area contributed by atoms with Gasteiger partial charge in [-0.3, -0.25) is 0 Å². The molecule has 1 aliphatic carbocycles. The monoisotopic (exact) mass is 242 g/mol. The lowest BCUT2D eigenvalue weighted by Crippen LogP contribution is -2.33. The van der Waals surface area contributed by atoms with Crippen molar-refractivity contribution in [1.29, 1.82) is 0 Å². The van der Waals surface area contributed by atoms with Gasteiger partial charge in [-0.1, -0.05) is 13.0 Å². The van der Waals surface area contributed by atoms with Crippen molar-refractivity contribution < 1.29 is 19.0 Å². The molecule has 1 fully saturated rings. The van der Waals surface area contributed by atoms with Crippen molar-refractivity contribution in [1.82, 2.24) is 0 Å². The molecule has 0 N–H and O–H groups in total. The van der Waals surface area contributed by atoms with E-state index in [9.17, 15) is 4.79 Å². The maximum atomic E-state index is 11.4. The Hall–Kier alpha value is -0.710. The van der Waals surface area contributed by atoms with Crippen LogP contribution in [0.1, 0.15) is 26.2 Å². The van der Waals surface area contributed by atoms with Gasteiger partial charge in [-0.25, -0.2) is 0 Å². The van der Waals surface area contributed by atoms with Gasteiger partial charge in [0.15, 0.2) is 0 Å². The molecular weight excluding hydrogens is 220 g/mol. The molecule has 0 aromatic rings. The van der Waals surface area contributed by atoms with Gasteiger partial charge in [0.25, 0.3) is 0 Å². The molecule has 4 nitrogen and oxygen atoms in total. The fourth-order valence-electron chi connectivity index (χ4n) is 2.41. The molecule has 0 radical (unpaired) electrons. The summed E-state index contributed by atoms with van der Waals surface area (Å²) in [5, 5.41) is 0. The molecule has 98 valence electrons. The van der Waals surface area contributed by atoms with Crippen molar-refractivity contribution in [2.24, 2.45) is 5.41 Å². The van der Waals surface area contributed by atoms with Crippen molar-refractivity contribution >= 4 is 6.29 Å². The average molecular weight is 242 g/mol. The molecule has 0 aliphatic heterocycles. The molecule has 4 heteroatoms. The standard InChI is InChI=1S/C13H22O4/c1-4-6-16-11-7-12(17-10-15-3)13(5-2,8-11)9-14/h4,9,11-12H,1,5-8,10H2,2-3H3/t11-,12+,13+/m1/s1. The van der Waals surface area contributed by atoms with E-state index < -0.39 is 5.41 Å². The van der Waals surface area contributed by atoms with Gasteiger partial charge in [0.2, 0.25) is 0 Å². The van der Waals surface area contributed by atoms with Gasteiger partial charge in [-0.15, -0.1) is 6.58 Å². The van der Waals surface area contributed by atoms with Crippen LogP contribution in [-0.2, 0) is 19.0 Å². The molecule has 0 unspecified atom stereocenters. The van der Waals surface area contributed by atoms with Crippen molar-refractivity contribution in [2.75, 3.05) is 20.5 Å². The molecule has 0 aromatic carbocycles. The van der Waals surface area contributed by atoms with E-state index in [4.69, 9.17) is 14.2 Å². The van der Waals surface area contributed by atoms with E-state index in [-0.39, 0.29) is 19.0 Å². The smallest absolute Gasteiger partial charge is 0.146 e. The van der Waals surface area contributed by atoms with E-state index in [0.717, 1.165) is 25.5 Å². The fourth-order valence-corrected chi connectivity index (χ4v) is 2.41. The first-order chi connectivity index (χ1) is 8.22. The largest absolute Gasteiger partial charge is 0.374 e. The van der Waals surface area contributed by atoms with Crippen LogP contribution >= 0.6 is 0 Å².